The minimum absolute atomic E-state index is 0.427. The number of benzene rings is 1. The van der Waals surface area contributed by atoms with Crippen LogP contribution < -0.4 is 5.32 Å². The molecule has 1 aliphatic carbocycles. The van der Waals surface area contributed by atoms with E-state index in [0.717, 1.165) is 5.02 Å². The predicted molar refractivity (Wildman–Crippen MR) is 62.1 cm³/mol. The van der Waals surface area contributed by atoms with Crippen LogP contribution in [-0.2, 0) is 0 Å². The van der Waals surface area contributed by atoms with Crippen molar-refractivity contribution >= 4 is 17.3 Å². The molecule has 1 aromatic rings. The van der Waals surface area contributed by atoms with E-state index < -0.39 is 0 Å². The fraction of sp³-hybridized carbons (Fsp3) is 0.500. The third-order valence-electron chi connectivity index (χ3n) is 3.18. The first kappa shape index (κ1) is 9.85. The number of halogens is 1. The van der Waals surface area contributed by atoms with Gasteiger partial charge >= 0.3 is 0 Å². The van der Waals surface area contributed by atoms with Crippen molar-refractivity contribution in [1.82, 2.24) is 0 Å². The molecule has 1 unspecified atom stereocenters. The molecule has 0 saturated heterocycles. The van der Waals surface area contributed by atoms with E-state index in [1.807, 2.05) is 19.2 Å². The highest BCUT2D eigenvalue weighted by atomic mass is 35.5. The molecule has 1 N–H and O–H groups in total. The zero-order chi connectivity index (χ0) is 10.3. The minimum Gasteiger partial charge on any atom is -0.388 e. The van der Waals surface area contributed by atoms with Gasteiger partial charge in [-0.1, -0.05) is 31.5 Å². The van der Waals surface area contributed by atoms with Crippen LogP contribution in [0.15, 0.2) is 18.2 Å². The van der Waals surface area contributed by atoms with Crippen molar-refractivity contribution in [2.24, 2.45) is 5.41 Å². The van der Waals surface area contributed by atoms with E-state index >= 15 is 0 Å². The van der Waals surface area contributed by atoms with Crippen molar-refractivity contribution in [1.29, 1.82) is 0 Å². The van der Waals surface area contributed by atoms with Crippen LogP contribution in [0.25, 0.3) is 0 Å². The fourth-order valence-electron chi connectivity index (χ4n) is 2.07. The van der Waals surface area contributed by atoms with Crippen LogP contribution in [0.2, 0.25) is 5.02 Å². The maximum atomic E-state index is 6.23. The van der Waals surface area contributed by atoms with Crippen molar-refractivity contribution in [2.45, 2.75) is 26.2 Å². The largest absolute Gasteiger partial charge is 0.388 e. The third kappa shape index (κ3) is 1.50. The molecule has 2 heteroatoms. The van der Waals surface area contributed by atoms with E-state index in [2.05, 4.69) is 25.2 Å². The van der Waals surface area contributed by atoms with E-state index in [-0.39, 0.29) is 0 Å². The second-order valence-corrected chi connectivity index (χ2v) is 5.10. The Balaban J connectivity index is 2.42. The lowest BCUT2D eigenvalue weighted by atomic mass is 10.0. The molecule has 0 amide bonds. The smallest absolute Gasteiger partial charge is 0.0461 e. The van der Waals surface area contributed by atoms with E-state index in [4.69, 9.17) is 11.6 Å². The topological polar surface area (TPSA) is 12.0 Å². The van der Waals surface area contributed by atoms with Crippen LogP contribution >= 0.6 is 11.6 Å². The predicted octanol–water partition coefficient (Wildman–Crippen LogP) is 3.90. The number of nitrogens with one attached hydrogen (secondary N) is 1. The molecular formula is C12H16ClN. The van der Waals surface area contributed by atoms with E-state index in [0.29, 0.717) is 11.3 Å². The average molecular weight is 210 g/mol. The fourth-order valence-corrected chi connectivity index (χ4v) is 2.38. The first-order chi connectivity index (χ1) is 6.56. The molecule has 0 aliphatic heterocycles. The van der Waals surface area contributed by atoms with Gasteiger partial charge in [0, 0.05) is 17.8 Å². The molecular weight excluding hydrogens is 194 g/mol. The lowest BCUT2D eigenvalue weighted by molar-refractivity contribution is 0.622. The summed E-state index contributed by atoms with van der Waals surface area (Å²) in [7, 11) is 1.95. The van der Waals surface area contributed by atoms with Crippen molar-refractivity contribution in [2.75, 3.05) is 12.4 Å². The molecule has 1 atom stereocenters. The number of anilines is 1. The molecule has 1 nitrogen and oxygen atoms in total. The van der Waals surface area contributed by atoms with Crippen LogP contribution in [-0.4, -0.2) is 7.05 Å². The van der Waals surface area contributed by atoms with Gasteiger partial charge in [0.15, 0.2) is 0 Å². The Labute approximate surface area is 90.5 Å². The average Bonchev–Trinajstić information content (AvgIpc) is 2.74. The maximum absolute atomic E-state index is 6.23. The minimum atomic E-state index is 0.427. The molecule has 1 aromatic carbocycles. The Bertz CT molecular complexity index is 357. The van der Waals surface area contributed by atoms with Crippen molar-refractivity contribution < 1.29 is 0 Å². The highest BCUT2D eigenvalue weighted by Gasteiger charge is 2.48. The van der Waals surface area contributed by atoms with Gasteiger partial charge in [0.25, 0.3) is 0 Å². The van der Waals surface area contributed by atoms with Gasteiger partial charge in [0.2, 0.25) is 0 Å². The molecule has 0 bridgehead atoms. The lowest BCUT2D eigenvalue weighted by Crippen LogP contribution is -1.98. The van der Waals surface area contributed by atoms with Crippen LogP contribution in [0.3, 0.4) is 0 Å². The summed E-state index contributed by atoms with van der Waals surface area (Å²) >= 11 is 6.23. The van der Waals surface area contributed by atoms with Gasteiger partial charge in [-0.05, 0) is 35.4 Å². The quantitative estimate of drug-likeness (QED) is 0.779. The second-order valence-electron chi connectivity index (χ2n) is 4.70. The van der Waals surface area contributed by atoms with Crippen LogP contribution in [0.1, 0.15) is 31.7 Å². The number of hydrogen-bond acceptors (Lipinski definition) is 1. The van der Waals surface area contributed by atoms with E-state index in [1.165, 1.54) is 17.7 Å². The molecule has 0 aromatic heterocycles. The SMILES string of the molecule is CNc1cccc(Cl)c1C1CC1(C)C. The van der Waals surface area contributed by atoms with Gasteiger partial charge in [-0.15, -0.1) is 0 Å². The van der Waals surface area contributed by atoms with Crippen molar-refractivity contribution in [3.05, 3.63) is 28.8 Å². The standard InChI is InChI=1S/C12H16ClN/c1-12(2)7-8(12)11-9(13)5-4-6-10(11)14-3/h4-6,8,14H,7H2,1-3H3. The molecule has 2 rings (SSSR count). The lowest BCUT2D eigenvalue weighted by Gasteiger charge is -2.12. The third-order valence-corrected chi connectivity index (χ3v) is 3.51. The summed E-state index contributed by atoms with van der Waals surface area (Å²) < 4.78 is 0. The Hall–Kier alpha value is -0.690. The Morgan fingerprint density at radius 2 is 2.07 bits per heavy atom. The van der Waals surface area contributed by atoms with Gasteiger partial charge in [-0.2, -0.15) is 0 Å². The second kappa shape index (κ2) is 3.16. The normalized spacial score (nSPS) is 23.3. The van der Waals surface area contributed by atoms with Crippen LogP contribution in [0, 0.1) is 5.41 Å². The van der Waals surface area contributed by atoms with Gasteiger partial charge in [-0.25, -0.2) is 0 Å². The van der Waals surface area contributed by atoms with Gasteiger partial charge in [-0.3, -0.25) is 0 Å². The number of rotatable bonds is 2. The van der Waals surface area contributed by atoms with Gasteiger partial charge in [0.05, 0.1) is 0 Å². The zero-order valence-electron chi connectivity index (χ0n) is 8.89. The molecule has 0 radical (unpaired) electrons. The Morgan fingerprint density at radius 1 is 1.43 bits per heavy atom. The first-order valence-corrected chi connectivity index (χ1v) is 5.40. The Kier molecular flexibility index (Phi) is 2.23. The zero-order valence-corrected chi connectivity index (χ0v) is 9.65. The molecule has 76 valence electrons. The summed E-state index contributed by atoms with van der Waals surface area (Å²) in [4.78, 5) is 0. The van der Waals surface area contributed by atoms with Crippen molar-refractivity contribution in [3.8, 4) is 0 Å². The molecule has 0 spiro atoms. The summed E-state index contributed by atoms with van der Waals surface area (Å²) in [5.74, 6) is 0.624. The summed E-state index contributed by atoms with van der Waals surface area (Å²) in [5, 5.41) is 4.11. The van der Waals surface area contributed by atoms with Crippen LogP contribution in [0.4, 0.5) is 5.69 Å². The summed E-state index contributed by atoms with van der Waals surface area (Å²) in [6.45, 7) is 4.58. The molecule has 14 heavy (non-hydrogen) atoms. The Morgan fingerprint density at radius 3 is 2.57 bits per heavy atom. The maximum Gasteiger partial charge on any atom is 0.0461 e. The number of hydrogen-bond donors (Lipinski definition) is 1. The van der Waals surface area contributed by atoms with Crippen molar-refractivity contribution in [3.63, 3.8) is 0 Å². The summed E-state index contributed by atoms with van der Waals surface area (Å²) in [6, 6.07) is 6.06. The first-order valence-electron chi connectivity index (χ1n) is 5.02. The summed E-state index contributed by atoms with van der Waals surface area (Å²) in [6.07, 6.45) is 1.24. The highest BCUT2D eigenvalue weighted by molar-refractivity contribution is 6.31. The highest BCUT2D eigenvalue weighted by Crippen LogP contribution is 2.61. The van der Waals surface area contributed by atoms with E-state index in [1.54, 1.807) is 0 Å². The monoisotopic (exact) mass is 209 g/mol. The van der Waals surface area contributed by atoms with Crippen LogP contribution in [0.5, 0.6) is 0 Å². The molecule has 1 saturated carbocycles. The molecule has 0 heterocycles. The van der Waals surface area contributed by atoms with Gasteiger partial charge < -0.3 is 5.32 Å². The molecule has 1 aliphatic rings. The molecule has 1 fully saturated rings. The van der Waals surface area contributed by atoms with E-state index in [9.17, 15) is 0 Å². The summed E-state index contributed by atoms with van der Waals surface area (Å²) in [5.41, 5.74) is 2.89. The van der Waals surface area contributed by atoms with Gasteiger partial charge in [0.1, 0.15) is 0 Å².